The first-order valence-electron chi connectivity index (χ1n) is 5.77. The van der Waals surface area contributed by atoms with Crippen molar-refractivity contribution in [2.45, 2.75) is 64.1 Å². The third-order valence-corrected chi connectivity index (χ3v) is 3.36. The largest absolute Gasteiger partial charge is 0.393 e. The third-order valence-electron chi connectivity index (χ3n) is 3.36. The van der Waals surface area contributed by atoms with E-state index in [2.05, 4.69) is 0 Å². The maximum absolute atomic E-state index is 9.90. The molecule has 14 heavy (non-hydrogen) atoms. The maximum Gasteiger partial charge on any atom is 0.0647 e. The van der Waals surface area contributed by atoms with Gasteiger partial charge in [0.25, 0.3) is 0 Å². The average Bonchev–Trinajstić information content (AvgIpc) is 2.55. The molecule has 84 valence electrons. The van der Waals surface area contributed by atoms with Crippen LogP contribution in [0.2, 0.25) is 0 Å². The molecular weight excluding hydrogens is 176 g/mol. The van der Waals surface area contributed by atoms with Crippen molar-refractivity contribution in [3.05, 3.63) is 0 Å². The van der Waals surface area contributed by atoms with E-state index in [4.69, 9.17) is 4.74 Å². The lowest BCUT2D eigenvalue weighted by Crippen LogP contribution is -2.29. The fourth-order valence-electron chi connectivity index (χ4n) is 2.36. The molecule has 2 nitrogen and oxygen atoms in total. The van der Waals surface area contributed by atoms with E-state index < -0.39 is 0 Å². The molecule has 0 aliphatic heterocycles. The number of aliphatic hydroxyl groups excluding tert-OH is 1. The molecule has 0 amide bonds. The Morgan fingerprint density at radius 3 is 2.43 bits per heavy atom. The summed E-state index contributed by atoms with van der Waals surface area (Å²) in [7, 11) is 1.71. The minimum Gasteiger partial charge on any atom is -0.393 e. The Bertz CT molecular complexity index is 160. The fraction of sp³-hybridized carbons (Fsp3) is 1.00. The van der Waals surface area contributed by atoms with Gasteiger partial charge < -0.3 is 9.84 Å². The smallest absolute Gasteiger partial charge is 0.0647 e. The van der Waals surface area contributed by atoms with Crippen LogP contribution in [0, 0.1) is 5.92 Å². The molecule has 2 heteroatoms. The van der Waals surface area contributed by atoms with Crippen molar-refractivity contribution in [2.75, 3.05) is 7.11 Å². The predicted molar refractivity (Wildman–Crippen MR) is 58.3 cm³/mol. The highest BCUT2D eigenvalue weighted by Gasteiger charge is 2.25. The molecule has 1 atom stereocenters. The molecule has 1 unspecified atom stereocenters. The van der Waals surface area contributed by atoms with Gasteiger partial charge in [0.15, 0.2) is 0 Å². The molecule has 0 aromatic carbocycles. The van der Waals surface area contributed by atoms with Crippen LogP contribution >= 0.6 is 0 Å². The van der Waals surface area contributed by atoms with Crippen molar-refractivity contribution in [1.29, 1.82) is 0 Å². The number of aliphatic hydroxyl groups is 1. The second-order valence-electron chi connectivity index (χ2n) is 5.21. The zero-order valence-corrected chi connectivity index (χ0v) is 9.75. The Morgan fingerprint density at radius 2 is 1.93 bits per heavy atom. The highest BCUT2D eigenvalue weighted by molar-refractivity contribution is 4.77. The van der Waals surface area contributed by atoms with Crippen LogP contribution in [-0.2, 0) is 4.74 Å². The summed E-state index contributed by atoms with van der Waals surface area (Å²) in [6, 6.07) is 0. The van der Waals surface area contributed by atoms with Crippen LogP contribution in [0.25, 0.3) is 0 Å². The quantitative estimate of drug-likeness (QED) is 0.739. The molecule has 0 heterocycles. The number of hydrogen-bond acceptors (Lipinski definition) is 2. The van der Waals surface area contributed by atoms with Crippen LogP contribution < -0.4 is 0 Å². The van der Waals surface area contributed by atoms with Crippen LogP contribution in [0.4, 0.5) is 0 Å². The molecule has 1 rings (SSSR count). The van der Waals surface area contributed by atoms with E-state index in [0.717, 1.165) is 18.8 Å². The second-order valence-corrected chi connectivity index (χ2v) is 5.21. The first-order chi connectivity index (χ1) is 6.53. The normalized spacial score (nSPS) is 21.4. The molecule has 0 aromatic heterocycles. The fourth-order valence-corrected chi connectivity index (χ4v) is 2.36. The Labute approximate surface area is 87.7 Å². The van der Waals surface area contributed by atoms with Gasteiger partial charge in [-0.3, -0.25) is 0 Å². The van der Waals surface area contributed by atoms with Crippen LogP contribution in [0.15, 0.2) is 0 Å². The molecule has 1 fully saturated rings. The van der Waals surface area contributed by atoms with Gasteiger partial charge >= 0.3 is 0 Å². The zero-order valence-electron chi connectivity index (χ0n) is 9.75. The van der Waals surface area contributed by atoms with Gasteiger partial charge in [-0.2, -0.15) is 0 Å². The average molecular weight is 200 g/mol. The van der Waals surface area contributed by atoms with Gasteiger partial charge in [0.1, 0.15) is 0 Å². The molecule has 0 spiro atoms. The molecule has 0 saturated heterocycles. The molecule has 1 aliphatic rings. The van der Waals surface area contributed by atoms with E-state index in [-0.39, 0.29) is 11.7 Å². The summed E-state index contributed by atoms with van der Waals surface area (Å²) in [5.74, 6) is 0.762. The standard InChI is InChI=1S/C12H24O2/c1-12(2,14-3)9-11(13)8-10-6-4-5-7-10/h10-11,13H,4-9H2,1-3H3. The second kappa shape index (κ2) is 5.13. The molecular formula is C12H24O2. The van der Waals surface area contributed by atoms with Gasteiger partial charge in [0, 0.05) is 13.5 Å². The van der Waals surface area contributed by atoms with Crippen molar-refractivity contribution in [3.63, 3.8) is 0 Å². The Kier molecular flexibility index (Phi) is 4.39. The number of hydrogen-bond donors (Lipinski definition) is 1. The molecule has 0 radical (unpaired) electrons. The van der Waals surface area contributed by atoms with Crippen molar-refractivity contribution < 1.29 is 9.84 Å². The van der Waals surface area contributed by atoms with Gasteiger partial charge in [-0.15, -0.1) is 0 Å². The summed E-state index contributed by atoms with van der Waals surface area (Å²) in [6.07, 6.45) is 6.85. The first-order valence-corrected chi connectivity index (χ1v) is 5.77. The van der Waals surface area contributed by atoms with E-state index in [1.54, 1.807) is 7.11 Å². The highest BCUT2D eigenvalue weighted by atomic mass is 16.5. The van der Waals surface area contributed by atoms with E-state index in [1.165, 1.54) is 25.7 Å². The van der Waals surface area contributed by atoms with Gasteiger partial charge in [0.05, 0.1) is 11.7 Å². The van der Waals surface area contributed by atoms with Gasteiger partial charge in [-0.25, -0.2) is 0 Å². The Hall–Kier alpha value is -0.0800. The molecule has 1 aliphatic carbocycles. The molecule has 1 saturated carbocycles. The van der Waals surface area contributed by atoms with Gasteiger partial charge in [-0.1, -0.05) is 25.7 Å². The van der Waals surface area contributed by atoms with E-state index in [9.17, 15) is 5.11 Å². The lowest BCUT2D eigenvalue weighted by Gasteiger charge is -2.27. The Morgan fingerprint density at radius 1 is 1.36 bits per heavy atom. The number of methoxy groups -OCH3 is 1. The minimum absolute atomic E-state index is 0.183. The zero-order chi connectivity index (χ0) is 10.6. The van der Waals surface area contributed by atoms with Crippen LogP contribution in [0.5, 0.6) is 0 Å². The minimum atomic E-state index is -0.187. The highest BCUT2D eigenvalue weighted by Crippen LogP contribution is 2.30. The lowest BCUT2D eigenvalue weighted by atomic mass is 9.92. The summed E-state index contributed by atoms with van der Waals surface area (Å²) >= 11 is 0. The van der Waals surface area contributed by atoms with Crippen LogP contribution in [0.3, 0.4) is 0 Å². The first kappa shape index (κ1) is 12.0. The molecule has 0 bridgehead atoms. The van der Waals surface area contributed by atoms with Crippen LogP contribution in [0.1, 0.15) is 52.4 Å². The van der Waals surface area contributed by atoms with Crippen LogP contribution in [-0.4, -0.2) is 23.9 Å². The van der Waals surface area contributed by atoms with E-state index >= 15 is 0 Å². The monoisotopic (exact) mass is 200 g/mol. The number of rotatable bonds is 5. The lowest BCUT2D eigenvalue weighted by molar-refractivity contribution is -0.0243. The van der Waals surface area contributed by atoms with E-state index in [0.29, 0.717) is 0 Å². The summed E-state index contributed by atoms with van der Waals surface area (Å²) in [6.45, 7) is 4.07. The molecule has 1 N–H and O–H groups in total. The van der Waals surface area contributed by atoms with Crippen molar-refractivity contribution in [2.24, 2.45) is 5.92 Å². The summed E-state index contributed by atoms with van der Waals surface area (Å²) in [4.78, 5) is 0. The third kappa shape index (κ3) is 3.97. The SMILES string of the molecule is COC(C)(C)CC(O)CC1CCCC1. The summed E-state index contributed by atoms with van der Waals surface area (Å²) in [5, 5.41) is 9.90. The maximum atomic E-state index is 9.90. The Balaban J connectivity index is 2.23. The predicted octanol–water partition coefficient (Wildman–Crippen LogP) is 2.74. The van der Waals surface area contributed by atoms with Gasteiger partial charge in [0.2, 0.25) is 0 Å². The van der Waals surface area contributed by atoms with Crippen molar-refractivity contribution in [3.8, 4) is 0 Å². The van der Waals surface area contributed by atoms with Crippen molar-refractivity contribution in [1.82, 2.24) is 0 Å². The van der Waals surface area contributed by atoms with Crippen molar-refractivity contribution >= 4 is 0 Å². The summed E-state index contributed by atoms with van der Waals surface area (Å²) < 4.78 is 5.31. The van der Waals surface area contributed by atoms with E-state index in [1.807, 2.05) is 13.8 Å². The topological polar surface area (TPSA) is 29.5 Å². The summed E-state index contributed by atoms with van der Waals surface area (Å²) in [5.41, 5.74) is -0.183. The van der Waals surface area contributed by atoms with Gasteiger partial charge in [-0.05, 0) is 26.2 Å². The molecule has 0 aromatic rings. The number of ether oxygens (including phenoxy) is 1.